The number of carbonyl (C=O) groups is 1. The van der Waals surface area contributed by atoms with E-state index in [-0.39, 0.29) is 18.6 Å². The quantitative estimate of drug-likeness (QED) is 0.521. The van der Waals surface area contributed by atoms with Gasteiger partial charge in [-0.15, -0.1) is 0 Å². The van der Waals surface area contributed by atoms with E-state index in [2.05, 4.69) is 15.6 Å². The Bertz CT molecular complexity index is 658. The smallest absolute Gasteiger partial charge is 0.243 e. The maximum atomic E-state index is 11.9. The van der Waals surface area contributed by atoms with Crippen LogP contribution in [-0.2, 0) is 9.53 Å². The van der Waals surface area contributed by atoms with Crippen LogP contribution in [0.4, 0.5) is 5.69 Å². The molecule has 0 aromatic heterocycles. The highest BCUT2D eigenvalue weighted by Gasteiger charge is 2.15. The number of amides is 1. The molecule has 1 heterocycles. The van der Waals surface area contributed by atoms with Crippen molar-refractivity contribution in [1.82, 2.24) is 10.2 Å². The van der Waals surface area contributed by atoms with E-state index in [4.69, 9.17) is 14.2 Å². The van der Waals surface area contributed by atoms with Crippen molar-refractivity contribution in [3.05, 3.63) is 18.2 Å². The number of ether oxygens (including phenoxy) is 3. The van der Waals surface area contributed by atoms with Crippen LogP contribution in [-0.4, -0.2) is 70.4 Å². The van der Waals surface area contributed by atoms with Gasteiger partial charge in [0.1, 0.15) is 6.54 Å². The first kappa shape index (κ1) is 21.8. The number of nitrogens with one attached hydrogen (secondary N) is 2. The maximum absolute atomic E-state index is 11.9. The molecule has 0 spiro atoms. The van der Waals surface area contributed by atoms with Gasteiger partial charge >= 0.3 is 0 Å². The van der Waals surface area contributed by atoms with Crippen molar-refractivity contribution in [2.75, 3.05) is 52.8 Å². The molecule has 28 heavy (non-hydrogen) atoms. The molecule has 0 bridgehead atoms. The Morgan fingerprint density at radius 1 is 1.32 bits per heavy atom. The van der Waals surface area contributed by atoms with Crippen LogP contribution in [0.15, 0.2) is 23.2 Å². The Labute approximate surface area is 167 Å². The molecule has 1 aliphatic rings. The Balaban J connectivity index is 2.08. The average molecular weight is 393 g/mol. The zero-order valence-electron chi connectivity index (χ0n) is 17.3. The molecule has 8 heteroatoms. The van der Waals surface area contributed by atoms with Gasteiger partial charge in [-0.05, 0) is 38.3 Å². The van der Waals surface area contributed by atoms with Crippen LogP contribution in [0.3, 0.4) is 0 Å². The lowest BCUT2D eigenvalue weighted by molar-refractivity contribution is -0.127. The molecule has 1 aromatic rings. The number of aliphatic imine (C=N–C) groups is 1. The van der Waals surface area contributed by atoms with Gasteiger partial charge in [0, 0.05) is 39.0 Å². The number of likely N-dealkylation sites (N-methyl/N-ethyl adjacent to an activating group) is 1. The molecule has 1 aliphatic heterocycles. The second kappa shape index (κ2) is 11.4. The van der Waals surface area contributed by atoms with Gasteiger partial charge in [0.15, 0.2) is 17.5 Å². The van der Waals surface area contributed by atoms with Gasteiger partial charge in [-0.2, -0.15) is 0 Å². The van der Waals surface area contributed by atoms with Gasteiger partial charge < -0.3 is 29.7 Å². The highest BCUT2D eigenvalue weighted by atomic mass is 16.5. The molecule has 1 unspecified atom stereocenters. The average Bonchev–Trinajstić information content (AvgIpc) is 2.71. The second-order valence-corrected chi connectivity index (χ2v) is 6.75. The summed E-state index contributed by atoms with van der Waals surface area (Å²) in [6.07, 6.45) is 3.45. The third-order valence-corrected chi connectivity index (χ3v) is 4.37. The summed E-state index contributed by atoms with van der Waals surface area (Å²) in [5.74, 6) is 1.77. The van der Waals surface area contributed by atoms with E-state index in [1.54, 1.807) is 21.2 Å². The van der Waals surface area contributed by atoms with E-state index in [1.807, 2.05) is 25.1 Å². The van der Waals surface area contributed by atoms with Gasteiger partial charge in [-0.25, -0.2) is 4.99 Å². The first-order chi connectivity index (χ1) is 13.5. The summed E-state index contributed by atoms with van der Waals surface area (Å²) >= 11 is 0. The van der Waals surface area contributed by atoms with Gasteiger partial charge in [0.25, 0.3) is 0 Å². The SMILES string of the molecule is CCOc1ccc(NC(=NCC(=O)N(C)C)NCC2CCCCO2)cc1OC. The third-order valence-electron chi connectivity index (χ3n) is 4.37. The van der Waals surface area contributed by atoms with Crippen LogP contribution in [0.5, 0.6) is 11.5 Å². The van der Waals surface area contributed by atoms with Crippen LogP contribution in [0.1, 0.15) is 26.2 Å². The number of guanidine groups is 1. The monoisotopic (exact) mass is 392 g/mol. The van der Waals surface area contributed by atoms with E-state index in [0.29, 0.717) is 30.6 Å². The third kappa shape index (κ3) is 6.92. The Morgan fingerprint density at radius 2 is 2.14 bits per heavy atom. The highest BCUT2D eigenvalue weighted by Crippen LogP contribution is 2.30. The van der Waals surface area contributed by atoms with Crippen molar-refractivity contribution >= 4 is 17.6 Å². The molecule has 0 aliphatic carbocycles. The summed E-state index contributed by atoms with van der Waals surface area (Å²) in [5.41, 5.74) is 0.786. The molecule has 1 aromatic carbocycles. The molecule has 1 amide bonds. The predicted octanol–water partition coefficient (Wildman–Crippen LogP) is 2.11. The van der Waals surface area contributed by atoms with Crippen LogP contribution in [0.25, 0.3) is 0 Å². The first-order valence-corrected chi connectivity index (χ1v) is 9.71. The number of benzene rings is 1. The Morgan fingerprint density at radius 3 is 2.79 bits per heavy atom. The largest absolute Gasteiger partial charge is 0.493 e. The van der Waals surface area contributed by atoms with E-state index in [9.17, 15) is 4.79 Å². The normalized spacial score (nSPS) is 17.0. The van der Waals surface area contributed by atoms with Crippen molar-refractivity contribution in [3.63, 3.8) is 0 Å². The van der Waals surface area contributed by atoms with Gasteiger partial charge in [0.05, 0.1) is 19.8 Å². The minimum absolute atomic E-state index is 0.0576. The zero-order chi connectivity index (χ0) is 20.4. The minimum atomic E-state index is -0.0701. The maximum Gasteiger partial charge on any atom is 0.243 e. The number of hydrogen-bond acceptors (Lipinski definition) is 5. The topological polar surface area (TPSA) is 84.4 Å². The molecule has 1 saturated heterocycles. The Kier molecular flexibility index (Phi) is 8.87. The number of rotatable bonds is 8. The van der Waals surface area contributed by atoms with Crippen LogP contribution < -0.4 is 20.1 Å². The molecule has 8 nitrogen and oxygen atoms in total. The fraction of sp³-hybridized carbons (Fsp3) is 0.600. The van der Waals surface area contributed by atoms with E-state index in [1.165, 1.54) is 11.3 Å². The predicted molar refractivity (Wildman–Crippen MR) is 110 cm³/mol. The van der Waals surface area contributed by atoms with Gasteiger partial charge in [0.2, 0.25) is 5.91 Å². The molecule has 156 valence electrons. The van der Waals surface area contributed by atoms with Crippen molar-refractivity contribution in [2.45, 2.75) is 32.3 Å². The fourth-order valence-corrected chi connectivity index (χ4v) is 2.76. The molecule has 1 atom stereocenters. The van der Waals surface area contributed by atoms with E-state index in [0.717, 1.165) is 25.1 Å². The van der Waals surface area contributed by atoms with E-state index >= 15 is 0 Å². The molecule has 0 saturated carbocycles. The van der Waals surface area contributed by atoms with Crippen molar-refractivity contribution < 1.29 is 19.0 Å². The molecule has 1 fully saturated rings. The zero-order valence-corrected chi connectivity index (χ0v) is 17.3. The van der Waals surface area contributed by atoms with Crippen molar-refractivity contribution in [3.8, 4) is 11.5 Å². The number of nitrogens with zero attached hydrogens (tertiary/aromatic N) is 2. The highest BCUT2D eigenvalue weighted by molar-refractivity contribution is 5.95. The van der Waals surface area contributed by atoms with E-state index < -0.39 is 0 Å². The number of methoxy groups -OCH3 is 1. The van der Waals surface area contributed by atoms with Gasteiger partial charge in [-0.1, -0.05) is 0 Å². The van der Waals surface area contributed by atoms with Gasteiger partial charge in [-0.3, -0.25) is 4.79 Å². The number of anilines is 1. The Hall–Kier alpha value is -2.48. The summed E-state index contributed by atoms with van der Waals surface area (Å²) in [4.78, 5) is 17.9. The summed E-state index contributed by atoms with van der Waals surface area (Å²) in [6.45, 7) is 3.97. The summed E-state index contributed by atoms with van der Waals surface area (Å²) in [6, 6.07) is 5.57. The molecule has 0 radical (unpaired) electrons. The lowest BCUT2D eigenvalue weighted by Gasteiger charge is -2.24. The van der Waals surface area contributed by atoms with Crippen LogP contribution >= 0.6 is 0 Å². The van der Waals surface area contributed by atoms with Crippen LogP contribution in [0, 0.1) is 0 Å². The molecular formula is C20H32N4O4. The molecule has 2 rings (SSSR count). The fourth-order valence-electron chi connectivity index (χ4n) is 2.76. The number of carbonyl (C=O) groups excluding carboxylic acids is 1. The number of hydrogen-bond donors (Lipinski definition) is 2. The summed E-state index contributed by atoms with van der Waals surface area (Å²) < 4.78 is 16.7. The summed E-state index contributed by atoms with van der Waals surface area (Å²) in [7, 11) is 5.03. The van der Waals surface area contributed by atoms with Crippen LogP contribution in [0.2, 0.25) is 0 Å². The lowest BCUT2D eigenvalue weighted by Crippen LogP contribution is -2.39. The second-order valence-electron chi connectivity index (χ2n) is 6.75. The molecular weight excluding hydrogens is 360 g/mol. The first-order valence-electron chi connectivity index (χ1n) is 9.71. The summed E-state index contributed by atoms with van der Waals surface area (Å²) in [5, 5.41) is 6.51. The van der Waals surface area contributed by atoms with Crippen molar-refractivity contribution in [1.29, 1.82) is 0 Å². The van der Waals surface area contributed by atoms with Crippen molar-refractivity contribution in [2.24, 2.45) is 4.99 Å². The standard InChI is InChI=1S/C20H32N4O4/c1-5-27-17-10-9-15(12-18(17)26-4)23-20(22-14-19(25)24(2)3)21-13-16-8-6-7-11-28-16/h9-10,12,16H,5-8,11,13-14H2,1-4H3,(H2,21,22,23). The lowest BCUT2D eigenvalue weighted by atomic mass is 10.1. The minimum Gasteiger partial charge on any atom is -0.493 e. The molecule has 2 N–H and O–H groups in total.